The Morgan fingerprint density at radius 3 is 2.50 bits per heavy atom. The normalized spacial score (nSPS) is 19.1. The van der Waals surface area contributed by atoms with Crippen molar-refractivity contribution in [2.45, 2.75) is 51.5 Å². The molecule has 1 N–H and O–H groups in total. The summed E-state index contributed by atoms with van der Waals surface area (Å²) in [6.45, 7) is 4.04. The molecule has 1 unspecified atom stereocenters. The number of esters is 1. The van der Waals surface area contributed by atoms with Crippen molar-refractivity contribution in [1.29, 1.82) is 0 Å². The van der Waals surface area contributed by atoms with Crippen LogP contribution in [0.25, 0.3) is 0 Å². The molecule has 20 heavy (non-hydrogen) atoms. The van der Waals surface area contributed by atoms with Crippen LogP contribution >= 0.6 is 0 Å². The second-order valence-corrected chi connectivity index (χ2v) is 5.97. The smallest absolute Gasteiger partial charge is 0.331 e. The van der Waals surface area contributed by atoms with Crippen molar-refractivity contribution in [2.75, 3.05) is 12.4 Å². The molecule has 1 aliphatic rings. The Kier molecular flexibility index (Phi) is 4.69. The van der Waals surface area contributed by atoms with Crippen LogP contribution in [0.3, 0.4) is 0 Å². The van der Waals surface area contributed by atoms with E-state index in [1.807, 2.05) is 25.1 Å². The van der Waals surface area contributed by atoms with E-state index in [1.165, 1.54) is 26.4 Å². The van der Waals surface area contributed by atoms with Crippen LogP contribution in [0.4, 0.5) is 5.69 Å². The van der Waals surface area contributed by atoms with Crippen molar-refractivity contribution >= 4 is 11.7 Å². The number of para-hydroxylation sites is 1. The topological polar surface area (TPSA) is 38.3 Å². The van der Waals surface area contributed by atoms with Gasteiger partial charge in [-0.05, 0) is 44.2 Å². The summed E-state index contributed by atoms with van der Waals surface area (Å²) in [7, 11) is 1.48. The summed E-state index contributed by atoms with van der Waals surface area (Å²) >= 11 is 0. The SMILES string of the molecule is COC(=O)C(C)(Nc1ccccc1C)C1CCCCC1. The Hall–Kier alpha value is -1.51. The first-order valence-corrected chi connectivity index (χ1v) is 7.50. The molecule has 1 saturated carbocycles. The van der Waals surface area contributed by atoms with Crippen molar-refractivity contribution in [2.24, 2.45) is 5.92 Å². The number of hydrogen-bond acceptors (Lipinski definition) is 3. The Labute approximate surface area is 121 Å². The van der Waals surface area contributed by atoms with Crippen molar-refractivity contribution < 1.29 is 9.53 Å². The van der Waals surface area contributed by atoms with Gasteiger partial charge in [-0.2, -0.15) is 0 Å². The number of carbonyl (C=O) groups excluding carboxylic acids is 1. The first-order chi connectivity index (χ1) is 9.58. The third-order valence-corrected chi connectivity index (χ3v) is 4.57. The molecule has 0 heterocycles. The maximum absolute atomic E-state index is 12.4. The monoisotopic (exact) mass is 275 g/mol. The van der Waals surface area contributed by atoms with Crippen LogP contribution in [0, 0.1) is 12.8 Å². The molecule has 0 bridgehead atoms. The van der Waals surface area contributed by atoms with Crippen LogP contribution in [-0.2, 0) is 9.53 Å². The summed E-state index contributed by atoms with van der Waals surface area (Å²) in [5, 5.41) is 3.47. The summed E-state index contributed by atoms with van der Waals surface area (Å²) in [5.74, 6) is 0.177. The zero-order valence-corrected chi connectivity index (χ0v) is 12.7. The van der Waals surface area contributed by atoms with Gasteiger partial charge in [-0.25, -0.2) is 4.79 Å². The van der Waals surface area contributed by atoms with Crippen LogP contribution < -0.4 is 5.32 Å². The number of aryl methyl sites for hydroxylation is 1. The minimum absolute atomic E-state index is 0.160. The molecule has 0 aromatic heterocycles. The molecule has 0 saturated heterocycles. The van der Waals surface area contributed by atoms with E-state index in [-0.39, 0.29) is 5.97 Å². The van der Waals surface area contributed by atoms with E-state index in [1.54, 1.807) is 0 Å². The van der Waals surface area contributed by atoms with E-state index in [9.17, 15) is 4.79 Å². The fraction of sp³-hybridized carbons (Fsp3) is 0.588. The van der Waals surface area contributed by atoms with Crippen molar-refractivity contribution in [3.8, 4) is 0 Å². The van der Waals surface area contributed by atoms with Gasteiger partial charge in [0.05, 0.1) is 7.11 Å². The Morgan fingerprint density at radius 2 is 1.90 bits per heavy atom. The molecule has 1 aromatic carbocycles. The predicted molar refractivity (Wildman–Crippen MR) is 81.8 cm³/mol. The first kappa shape index (κ1) is 14.9. The van der Waals surface area contributed by atoms with Crippen LogP contribution in [-0.4, -0.2) is 18.6 Å². The summed E-state index contributed by atoms with van der Waals surface area (Å²) in [6.07, 6.45) is 5.85. The number of methoxy groups -OCH3 is 1. The standard InChI is InChI=1S/C17H25NO2/c1-13-9-7-8-12-15(13)18-17(2,16(19)20-3)14-10-5-4-6-11-14/h7-9,12,14,18H,4-6,10-11H2,1-3H3. The zero-order chi connectivity index (χ0) is 14.6. The number of carbonyl (C=O) groups is 1. The third-order valence-electron chi connectivity index (χ3n) is 4.57. The summed E-state index contributed by atoms with van der Waals surface area (Å²) < 4.78 is 5.08. The fourth-order valence-electron chi connectivity index (χ4n) is 3.20. The molecule has 1 aliphatic carbocycles. The Balaban J connectivity index is 2.27. The molecule has 3 nitrogen and oxygen atoms in total. The van der Waals surface area contributed by atoms with Gasteiger partial charge in [0.25, 0.3) is 0 Å². The molecule has 1 aromatic rings. The maximum Gasteiger partial charge on any atom is 0.331 e. The Morgan fingerprint density at radius 1 is 1.25 bits per heavy atom. The molecule has 3 heteroatoms. The van der Waals surface area contributed by atoms with E-state index in [0.717, 1.165) is 24.1 Å². The number of hydrogen-bond donors (Lipinski definition) is 1. The summed E-state index contributed by atoms with van der Waals surface area (Å²) in [5.41, 5.74) is 1.53. The largest absolute Gasteiger partial charge is 0.467 e. The lowest BCUT2D eigenvalue weighted by molar-refractivity contribution is -0.147. The highest BCUT2D eigenvalue weighted by Gasteiger charge is 2.42. The van der Waals surface area contributed by atoms with Gasteiger partial charge in [-0.15, -0.1) is 0 Å². The molecule has 0 spiro atoms. The highest BCUT2D eigenvalue weighted by atomic mass is 16.5. The second kappa shape index (κ2) is 6.29. The van der Waals surface area contributed by atoms with Crippen molar-refractivity contribution in [3.63, 3.8) is 0 Å². The molecule has 1 atom stereocenters. The lowest BCUT2D eigenvalue weighted by Gasteiger charge is -2.39. The van der Waals surface area contributed by atoms with Gasteiger partial charge in [0, 0.05) is 5.69 Å². The van der Waals surface area contributed by atoms with Gasteiger partial charge in [-0.3, -0.25) is 0 Å². The lowest BCUT2D eigenvalue weighted by Crippen LogP contribution is -2.51. The average Bonchev–Trinajstić information content (AvgIpc) is 2.49. The third kappa shape index (κ3) is 2.97. The van der Waals surface area contributed by atoms with E-state index in [0.29, 0.717) is 5.92 Å². The molecular weight excluding hydrogens is 250 g/mol. The predicted octanol–water partition coefficient (Wildman–Crippen LogP) is 3.92. The summed E-state index contributed by atoms with van der Waals surface area (Å²) in [6, 6.07) is 8.09. The van der Waals surface area contributed by atoms with Gasteiger partial charge in [0.1, 0.15) is 5.54 Å². The maximum atomic E-state index is 12.4. The van der Waals surface area contributed by atoms with E-state index in [4.69, 9.17) is 4.74 Å². The number of nitrogens with one attached hydrogen (secondary N) is 1. The van der Waals surface area contributed by atoms with Crippen LogP contribution in [0.2, 0.25) is 0 Å². The number of anilines is 1. The molecule has 110 valence electrons. The van der Waals surface area contributed by atoms with Crippen LogP contribution in [0.1, 0.15) is 44.6 Å². The fourth-order valence-corrected chi connectivity index (χ4v) is 3.20. The van der Waals surface area contributed by atoms with Gasteiger partial charge < -0.3 is 10.1 Å². The van der Waals surface area contributed by atoms with Crippen molar-refractivity contribution in [1.82, 2.24) is 0 Å². The molecule has 1 fully saturated rings. The number of benzene rings is 1. The van der Waals surface area contributed by atoms with Crippen molar-refractivity contribution in [3.05, 3.63) is 29.8 Å². The molecule has 2 rings (SSSR count). The molecule has 0 aliphatic heterocycles. The molecule has 0 radical (unpaired) electrons. The number of ether oxygens (including phenoxy) is 1. The minimum Gasteiger partial charge on any atom is -0.467 e. The van der Waals surface area contributed by atoms with Gasteiger partial charge >= 0.3 is 5.97 Å². The zero-order valence-electron chi connectivity index (χ0n) is 12.7. The van der Waals surface area contributed by atoms with E-state index in [2.05, 4.69) is 18.3 Å². The van der Waals surface area contributed by atoms with Gasteiger partial charge in [0.15, 0.2) is 0 Å². The van der Waals surface area contributed by atoms with Gasteiger partial charge in [0.2, 0.25) is 0 Å². The Bertz CT molecular complexity index is 466. The summed E-state index contributed by atoms with van der Waals surface area (Å²) in [4.78, 5) is 12.4. The highest BCUT2D eigenvalue weighted by molar-refractivity contribution is 5.84. The highest BCUT2D eigenvalue weighted by Crippen LogP contribution is 2.36. The van der Waals surface area contributed by atoms with Crippen LogP contribution in [0.5, 0.6) is 0 Å². The van der Waals surface area contributed by atoms with Crippen LogP contribution in [0.15, 0.2) is 24.3 Å². The average molecular weight is 275 g/mol. The molecule has 0 amide bonds. The van der Waals surface area contributed by atoms with E-state index >= 15 is 0 Å². The van der Waals surface area contributed by atoms with Gasteiger partial charge in [-0.1, -0.05) is 37.5 Å². The lowest BCUT2D eigenvalue weighted by atomic mass is 9.75. The first-order valence-electron chi connectivity index (χ1n) is 7.50. The quantitative estimate of drug-likeness (QED) is 0.846. The second-order valence-electron chi connectivity index (χ2n) is 5.97. The number of rotatable bonds is 4. The minimum atomic E-state index is -0.638. The van der Waals surface area contributed by atoms with E-state index < -0.39 is 5.54 Å². The molecular formula is C17H25NO2.